The van der Waals surface area contributed by atoms with Crippen molar-refractivity contribution in [3.8, 4) is 11.5 Å². The Labute approximate surface area is 225 Å². The monoisotopic (exact) mass is 525 g/mol. The number of aromatic amines is 1. The van der Waals surface area contributed by atoms with Gasteiger partial charge in [0.15, 0.2) is 0 Å². The molecule has 1 unspecified atom stereocenters. The second-order valence-electron chi connectivity index (χ2n) is 9.67. The SMILES string of the molecule is Cc1ccc2[nH]c3c(c2c1)CCN(C(=O)Oc1ccc(F)cc1)C3c1cccc(OCCCn2cncn2)c1. The number of rotatable bonds is 7. The molecule has 9 heteroatoms. The fourth-order valence-corrected chi connectivity index (χ4v) is 5.15. The molecule has 1 aliphatic heterocycles. The zero-order valence-corrected chi connectivity index (χ0v) is 21.5. The fraction of sp³-hybridized carbons (Fsp3) is 0.233. The number of hydrogen-bond acceptors (Lipinski definition) is 5. The van der Waals surface area contributed by atoms with Crippen LogP contribution < -0.4 is 9.47 Å². The molecule has 0 spiro atoms. The molecule has 5 aromatic rings. The first-order chi connectivity index (χ1) is 19.0. The van der Waals surface area contributed by atoms with E-state index in [1.54, 1.807) is 15.9 Å². The molecular weight excluding hydrogens is 497 g/mol. The predicted octanol–water partition coefficient (Wildman–Crippen LogP) is 5.82. The number of ether oxygens (including phenoxy) is 2. The van der Waals surface area contributed by atoms with E-state index in [1.165, 1.54) is 47.1 Å². The van der Waals surface area contributed by atoms with Gasteiger partial charge < -0.3 is 14.5 Å². The zero-order valence-electron chi connectivity index (χ0n) is 21.5. The summed E-state index contributed by atoms with van der Waals surface area (Å²) in [7, 11) is 0. The second-order valence-corrected chi connectivity index (χ2v) is 9.67. The molecule has 0 fully saturated rings. The summed E-state index contributed by atoms with van der Waals surface area (Å²) in [6.45, 7) is 3.78. The van der Waals surface area contributed by atoms with Crippen LogP contribution in [0, 0.1) is 12.7 Å². The minimum absolute atomic E-state index is 0.294. The highest BCUT2D eigenvalue weighted by Gasteiger charge is 2.36. The van der Waals surface area contributed by atoms with Crippen LogP contribution >= 0.6 is 0 Å². The topological polar surface area (TPSA) is 85.3 Å². The van der Waals surface area contributed by atoms with Gasteiger partial charge in [-0.2, -0.15) is 5.10 Å². The largest absolute Gasteiger partial charge is 0.494 e. The highest BCUT2D eigenvalue weighted by molar-refractivity contribution is 5.87. The van der Waals surface area contributed by atoms with Gasteiger partial charge in [0.1, 0.15) is 36.0 Å². The number of amides is 1. The van der Waals surface area contributed by atoms with Gasteiger partial charge in [0.25, 0.3) is 0 Å². The average Bonchev–Trinajstić information content (AvgIpc) is 3.60. The van der Waals surface area contributed by atoms with Crippen molar-refractivity contribution in [2.45, 2.75) is 32.4 Å². The lowest BCUT2D eigenvalue weighted by molar-refractivity contribution is 0.135. The van der Waals surface area contributed by atoms with Crippen molar-refractivity contribution in [3.05, 3.63) is 108 Å². The Balaban J connectivity index is 1.30. The fourth-order valence-electron chi connectivity index (χ4n) is 5.15. The van der Waals surface area contributed by atoms with E-state index in [0.29, 0.717) is 31.9 Å². The highest BCUT2D eigenvalue weighted by atomic mass is 19.1. The van der Waals surface area contributed by atoms with Crippen LogP contribution in [0.15, 0.2) is 79.4 Å². The third-order valence-electron chi connectivity index (χ3n) is 6.98. The van der Waals surface area contributed by atoms with Crippen LogP contribution in [0.25, 0.3) is 10.9 Å². The van der Waals surface area contributed by atoms with Gasteiger partial charge in [0, 0.05) is 36.1 Å². The van der Waals surface area contributed by atoms with Crippen molar-refractivity contribution in [2.75, 3.05) is 13.2 Å². The number of carbonyl (C=O) groups is 1. The van der Waals surface area contributed by atoms with Gasteiger partial charge in [0.2, 0.25) is 0 Å². The van der Waals surface area contributed by atoms with E-state index in [4.69, 9.17) is 9.47 Å². The van der Waals surface area contributed by atoms with Gasteiger partial charge in [0.05, 0.1) is 6.61 Å². The van der Waals surface area contributed by atoms with E-state index in [9.17, 15) is 9.18 Å². The molecule has 8 nitrogen and oxygen atoms in total. The van der Waals surface area contributed by atoms with E-state index < -0.39 is 12.1 Å². The van der Waals surface area contributed by atoms with E-state index in [2.05, 4.69) is 40.2 Å². The van der Waals surface area contributed by atoms with Crippen LogP contribution in [-0.2, 0) is 13.0 Å². The van der Waals surface area contributed by atoms with Crippen LogP contribution in [0.2, 0.25) is 0 Å². The number of hydrogen-bond donors (Lipinski definition) is 1. The van der Waals surface area contributed by atoms with Crippen LogP contribution in [0.3, 0.4) is 0 Å². The quantitative estimate of drug-likeness (QED) is 0.271. The van der Waals surface area contributed by atoms with Crippen LogP contribution in [0.4, 0.5) is 9.18 Å². The maximum absolute atomic E-state index is 13.5. The zero-order chi connectivity index (χ0) is 26.8. The minimum atomic E-state index is -0.494. The summed E-state index contributed by atoms with van der Waals surface area (Å²) in [4.78, 5) is 22.7. The van der Waals surface area contributed by atoms with Crippen LogP contribution in [0.1, 0.15) is 34.8 Å². The van der Waals surface area contributed by atoms with Crippen molar-refractivity contribution in [2.24, 2.45) is 0 Å². The lowest BCUT2D eigenvalue weighted by Gasteiger charge is -2.35. The Morgan fingerprint density at radius 2 is 1.97 bits per heavy atom. The Morgan fingerprint density at radius 3 is 2.79 bits per heavy atom. The standard InChI is InChI=1S/C30H28FN5O3/c1-20-6-11-27-26(16-20)25-12-14-36(30(37)39-23-9-7-22(31)8-10-23)29(28(25)34-27)21-4-2-5-24(17-21)38-15-3-13-35-19-32-18-33-35/h2,4-11,16-19,29,34H,3,12-15H2,1H3. The Hall–Kier alpha value is -4.66. The van der Waals surface area contributed by atoms with Gasteiger partial charge in [-0.05, 0) is 73.0 Å². The van der Waals surface area contributed by atoms with E-state index in [1.807, 2.05) is 24.3 Å². The second kappa shape index (κ2) is 10.6. The molecular formula is C30H28FN5O3. The molecule has 1 amide bonds. The maximum Gasteiger partial charge on any atom is 0.416 e. The van der Waals surface area contributed by atoms with Gasteiger partial charge in [-0.3, -0.25) is 9.58 Å². The van der Waals surface area contributed by atoms with Crippen molar-refractivity contribution in [3.63, 3.8) is 0 Å². The normalized spacial score (nSPS) is 14.8. The van der Waals surface area contributed by atoms with Crippen molar-refractivity contribution >= 4 is 17.0 Å². The summed E-state index contributed by atoms with van der Waals surface area (Å²) in [5.74, 6) is 0.626. The average molecular weight is 526 g/mol. The summed E-state index contributed by atoms with van der Waals surface area (Å²) >= 11 is 0. The minimum Gasteiger partial charge on any atom is -0.494 e. The molecule has 0 saturated carbocycles. The van der Waals surface area contributed by atoms with Gasteiger partial charge in [-0.25, -0.2) is 14.2 Å². The summed E-state index contributed by atoms with van der Waals surface area (Å²) in [6, 6.07) is 19.2. The molecule has 0 aliphatic carbocycles. The molecule has 2 aromatic heterocycles. The Kier molecular flexibility index (Phi) is 6.71. The van der Waals surface area contributed by atoms with Crippen LogP contribution in [-0.4, -0.2) is 43.9 Å². The molecule has 198 valence electrons. The molecule has 1 atom stereocenters. The molecule has 0 radical (unpaired) electrons. The number of H-pyrrole nitrogens is 1. The first kappa shape index (κ1) is 24.7. The van der Waals surface area contributed by atoms with Crippen molar-refractivity contribution in [1.82, 2.24) is 24.6 Å². The highest BCUT2D eigenvalue weighted by Crippen LogP contribution is 2.40. The number of nitrogens with one attached hydrogen (secondary N) is 1. The lowest BCUT2D eigenvalue weighted by atomic mass is 9.92. The number of halogens is 1. The number of nitrogens with zero attached hydrogens (tertiary/aromatic N) is 4. The number of benzene rings is 3. The van der Waals surface area contributed by atoms with Crippen molar-refractivity contribution < 1.29 is 18.7 Å². The van der Waals surface area contributed by atoms with Crippen molar-refractivity contribution in [1.29, 1.82) is 0 Å². The van der Waals surface area contributed by atoms with E-state index in [0.717, 1.165) is 28.9 Å². The third-order valence-corrected chi connectivity index (χ3v) is 6.98. The first-order valence-electron chi connectivity index (χ1n) is 13.0. The number of fused-ring (bicyclic) bond motifs is 3. The number of aromatic nitrogens is 4. The first-order valence-corrected chi connectivity index (χ1v) is 13.0. The molecule has 3 heterocycles. The van der Waals surface area contributed by atoms with E-state index in [-0.39, 0.29) is 5.82 Å². The van der Waals surface area contributed by atoms with Gasteiger partial charge in [-0.15, -0.1) is 0 Å². The number of aryl methyl sites for hydroxylation is 2. The van der Waals surface area contributed by atoms with Gasteiger partial charge in [-0.1, -0.05) is 23.8 Å². The summed E-state index contributed by atoms with van der Waals surface area (Å²) in [5, 5.41) is 5.29. The Morgan fingerprint density at radius 1 is 1.10 bits per heavy atom. The third kappa shape index (κ3) is 5.20. The molecule has 1 N–H and O–H groups in total. The molecule has 6 rings (SSSR count). The smallest absolute Gasteiger partial charge is 0.416 e. The molecule has 1 aliphatic rings. The van der Waals surface area contributed by atoms with Crippen LogP contribution in [0.5, 0.6) is 11.5 Å². The van der Waals surface area contributed by atoms with E-state index >= 15 is 0 Å². The molecule has 39 heavy (non-hydrogen) atoms. The molecule has 0 bridgehead atoms. The molecule has 3 aromatic carbocycles. The predicted molar refractivity (Wildman–Crippen MR) is 144 cm³/mol. The summed E-state index contributed by atoms with van der Waals surface area (Å²) in [6.07, 6.45) is 4.17. The maximum atomic E-state index is 13.5. The summed E-state index contributed by atoms with van der Waals surface area (Å²) < 4.78 is 26.9. The lowest BCUT2D eigenvalue weighted by Crippen LogP contribution is -2.42. The molecule has 0 saturated heterocycles. The number of carbonyl (C=O) groups excluding carboxylic acids is 1. The Bertz CT molecular complexity index is 1600. The van der Waals surface area contributed by atoms with Gasteiger partial charge >= 0.3 is 6.09 Å². The summed E-state index contributed by atoms with van der Waals surface area (Å²) in [5.41, 5.74) is 5.28.